The maximum absolute atomic E-state index is 12.8. The third kappa shape index (κ3) is 4.68. The number of halogens is 1. The normalized spacial score (nSPS) is 17.0. The number of likely N-dealkylation sites (N-methyl/N-ethyl adjacent to an activating group) is 1. The van der Waals surface area contributed by atoms with Crippen molar-refractivity contribution in [3.8, 4) is 5.75 Å². The number of hydrogen-bond acceptors (Lipinski definition) is 6. The lowest BCUT2D eigenvalue weighted by atomic mass is 10.0. The van der Waals surface area contributed by atoms with Gasteiger partial charge in [0.1, 0.15) is 17.4 Å². The van der Waals surface area contributed by atoms with Crippen molar-refractivity contribution in [2.24, 2.45) is 0 Å². The molecule has 160 valence electrons. The minimum Gasteiger partial charge on any atom is -0.484 e. The zero-order valence-corrected chi connectivity index (χ0v) is 18.4. The molecular weight excluding hydrogens is 402 g/mol. The van der Waals surface area contributed by atoms with Crippen LogP contribution in [0.4, 0.5) is 5.82 Å². The second kappa shape index (κ2) is 9.18. The van der Waals surface area contributed by atoms with Crippen LogP contribution in [0.5, 0.6) is 5.75 Å². The Morgan fingerprint density at radius 1 is 1.10 bits per heavy atom. The molecule has 0 unspecified atom stereocenters. The minimum absolute atomic E-state index is 0.00813. The van der Waals surface area contributed by atoms with Gasteiger partial charge in [0.2, 0.25) is 0 Å². The first kappa shape index (κ1) is 20.9. The molecule has 2 aliphatic rings. The van der Waals surface area contributed by atoms with Crippen molar-refractivity contribution in [1.82, 2.24) is 19.8 Å². The Labute approximate surface area is 182 Å². The maximum Gasteiger partial charge on any atom is 0.260 e. The lowest BCUT2D eigenvalue weighted by Gasteiger charge is -2.37. The van der Waals surface area contributed by atoms with Crippen LogP contribution in [-0.2, 0) is 17.8 Å². The number of benzene rings is 1. The van der Waals surface area contributed by atoms with Crippen LogP contribution in [0.25, 0.3) is 0 Å². The fourth-order valence-electron chi connectivity index (χ4n) is 4.03. The predicted octanol–water partition coefficient (Wildman–Crippen LogP) is 2.54. The summed E-state index contributed by atoms with van der Waals surface area (Å²) in [6.07, 6.45) is 0.743. The van der Waals surface area contributed by atoms with E-state index in [-0.39, 0.29) is 12.5 Å². The van der Waals surface area contributed by atoms with Gasteiger partial charge in [0.25, 0.3) is 5.91 Å². The summed E-state index contributed by atoms with van der Waals surface area (Å²) in [4.78, 5) is 28.9. The summed E-state index contributed by atoms with van der Waals surface area (Å²) in [5, 5.41) is 0.643. The van der Waals surface area contributed by atoms with Crippen molar-refractivity contribution in [2.75, 3.05) is 50.8 Å². The number of anilines is 1. The molecular formula is C22H28ClN5O2. The number of piperazine rings is 1. The molecule has 8 heteroatoms. The van der Waals surface area contributed by atoms with Crippen LogP contribution in [0.1, 0.15) is 24.0 Å². The van der Waals surface area contributed by atoms with Crippen molar-refractivity contribution >= 4 is 23.3 Å². The lowest BCUT2D eigenvalue weighted by Crippen LogP contribution is -2.47. The number of fused-ring (bicyclic) bond motifs is 1. The monoisotopic (exact) mass is 429 g/mol. The van der Waals surface area contributed by atoms with Gasteiger partial charge in [-0.3, -0.25) is 4.79 Å². The van der Waals surface area contributed by atoms with Crippen LogP contribution in [0.2, 0.25) is 5.02 Å². The first-order valence-corrected chi connectivity index (χ1v) is 10.9. The molecule has 0 spiro atoms. The summed E-state index contributed by atoms with van der Waals surface area (Å²) in [6, 6.07) is 7.04. The fraction of sp³-hybridized carbons (Fsp3) is 0.500. The van der Waals surface area contributed by atoms with Crippen LogP contribution >= 0.6 is 11.6 Å². The summed E-state index contributed by atoms with van der Waals surface area (Å²) < 4.78 is 5.66. The molecule has 3 heterocycles. The van der Waals surface area contributed by atoms with Gasteiger partial charge >= 0.3 is 0 Å². The summed E-state index contributed by atoms with van der Waals surface area (Å²) in [6.45, 7) is 10.4. The number of rotatable bonds is 5. The molecule has 1 saturated heterocycles. The Kier molecular flexibility index (Phi) is 6.39. The zero-order chi connectivity index (χ0) is 21.1. The summed E-state index contributed by atoms with van der Waals surface area (Å²) >= 11 is 5.90. The molecule has 30 heavy (non-hydrogen) atoms. The van der Waals surface area contributed by atoms with E-state index < -0.39 is 0 Å². The number of aryl methyl sites for hydroxylation is 1. The van der Waals surface area contributed by atoms with Gasteiger partial charge in [-0.15, -0.1) is 0 Å². The Balaban J connectivity index is 1.45. The van der Waals surface area contributed by atoms with E-state index in [9.17, 15) is 4.79 Å². The van der Waals surface area contributed by atoms with Crippen LogP contribution in [0.15, 0.2) is 24.3 Å². The molecule has 0 radical (unpaired) electrons. The average Bonchev–Trinajstić information content (AvgIpc) is 2.77. The summed E-state index contributed by atoms with van der Waals surface area (Å²) in [5.41, 5.74) is 2.15. The van der Waals surface area contributed by atoms with E-state index in [1.807, 2.05) is 11.8 Å². The van der Waals surface area contributed by atoms with Gasteiger partial charge in [0, 0.05) is 49.7 Å². The Morgan fingerprint density at radius 2 is 1.83 bits per heavy atom. The molecule has 0 saturated carbocycles. The molecule has 2 aromatic rings. The van der Waals surface area contributed by atoms with Crippen LogP contribution < -0.4 is 9.64 Å². The number of hydrogen-bond donors (Lipinski definition) is 0. The highest BCUT2D eigenvalue weighted by Crippen LogP contribution is 2.28. The largest absolute Gasteiger partial charge is 0.484 e. The molecule has 0 N–H and O–H groups in total. The Morgan fingerprint density at radius 3 is 2.53 bits per heavy atom. The number of amides is 1. The van der Waals surface area contributed by atoms with Crippen molar-refractivity contribution < 1.29 is 9.53 Å². The van der Waals surface area contributed by atoms with Gasteiger partial charge in [-0.25, -0.2) is 9.97 Å². The highest BCUT2D eigenvalue weighted by molar-refractivity contribution is 6.30. The second-order valence-electron chi connectivity index (χ2n) is 7.75. The van der Waals surface area contributed by atoms with E-state index in [1.54, 1.807) is 24.3 Å². The van der Waals surface area contributed by atoms with E-state index in [0.29, 0.717) is 23.9 Å². The van der Waals surface area contributed by atoms with Gasteiger partial charge in [0.15, 0.2) is 6.61 Å². The Hall–Kier alpha value is -2.38. The van der Waals surface area contributed by atoms with Gasteiger partial charge < -0.3 is 19.4 Å². The van der Waals surface area contributed by atoms with E-state index in [4.69, 9.17) is 21.3 Å². The molecule has 0 bridgehead atoms. The summed E-state index contributed by atoms with van der Waals surface area (Å²) in [5.74, 6) is 2.40. The molecule has 1 aromatic carbocycles. The van der Waals surface area contributed by atoms with Gasteiger partial charge in [-0.1, -0.05) is 18.5 Å². The third-order valence-corrected chi connectivity index (χ3v) is 6.05. The average molecular weight is 430 g/mol. The van der Waals surface area contributed by atoms with Gasteiger partial charge in [0.05, 0.1) is 12.2 Å². The third-order valence-electron chi connectivity index (χ3n) is 5.80. The van der Waals surface area contributed by atoms with Crippen molar-refractivity contribution in [2.45, 2.75) is 26.8 Å². The van der Waals surface area contributed by atoms with Crippen molar-refractivity contribution in [3.05, 3.63) is 46.4 Å². The number of carbonyl (C=O) groups is 1. The highest BCUT2D eigenvalue weighted by Gasteiger charge is 2.28. The van der Waals surface area contributed by atoms with Gasteiger partial charge in [-0.05, 0) is 37.7 Å². The maximum atomic E-state index is 12.8. The van der Waals surface area contributed by atoms with Crippen LogP contribution in [0, 0.1) is 6.92 Å². The topological polar surface area (TPSA) is 61.8 Å². The zero-order valence-electron chi connectivity index (χ0n) is 17.6. The molecule has 0 aliphatic carbocycles. The van der Waals surface area contributed by atoms with Gasteiger partial charge in [-0.2, -0.15) is 0 Å². The summed E-state index contributed by atoms with van der Waals surface area (Å²) in [7, 11) is 0. The SMILES string of the molecule is CCN1CCN(c2nc(C)nc3c2CN(C(=O)COc2ccc(Cl)cc2)CC3)CC1. The molecule has 0 atom stereocenters. The molecule has 7 nitrogen and oxygen atoms in total. The smallest absolute Gasteiger partial charge is 0.260 e. The number of aromatic nitrogens is 2. The van der Waals surface area contributed by atoms with Crippen LogP contribution in [0.3, 0.4) is 0 Å². The van der Waals surface area contributed by atoms with E-state index in [2.05, 4.69) is 21.7 Å². The quantitative estimate of drug-likeness (QED) is 0.727. The molecule has 1 amide bonds. The van der Waals surface area contributed by atoms with Crippen molar-refractivity contribution in [1.29, 1.82) is 0 Å². The van der Waals surface area contributed by atoms with Crippen LogP contribution in [-0.4, -0.2) is 71.6 Å². The lowest BCUT2D eigenvalue weighted by molar-refractivity contribution is -0.134. The predicted molar refractivity (Wildman–Crippen MR) is 117 cm³/mol. The number of nitrogens with zero attached hydrogens (tertiary/aromatic N) is 5. The number of ether oxygens (including phenoxy) is 1. The second-order valence-corrected chi connectivity index (χ2v) is 8.19. The molecule has 2 aliphatic heterocycles. The van der Waals surface area contributed by atoms with E-state index >= 15 is 0 Å². The Bertz CT molecular complexity index is 897. The first-order chi connectivity index (χ1) is 14.5. The highest BCUT2D eigenvalue weighted by atomic mass is 35.5. The van der Waals surface area contributed by atoms with Crippen molar-refractivity contribution in [3.63, 3.8) is 0 Å². The standard InChI is InChI=1S/C22H28ClN5O2/c1-3-26-10-12-27(13-11-26)22-19-14-28(9-8-20(19)24-16(2)25-22)21(29)15-30-18-6-4-17(23)5-7-18/h4-7H,3,8-15H2,1-2H3. The van der Waals surface area contributed by atoms with E-state index in [1.165, 1.54) is 0 Å². The fourth-order valence-corrected chi connectivity index (χ4v) is 4.16. The minimum atomic E-state index is -0.0297. The molecule has 4 rings (SSSR count). The van der Waals surface area contributed by atoms with E-state index in [0.717, 1.165) is 62.0 Å². The number of carbonyl (C=O) groups excluding carboxylic acids is 1. The first-order valence-electron chi connectivity index (χ1n) is 10.5. The molecule has 1 fully saturated rings. The molecule has 1 aromatic heterocycles.